The second-order valence-electron chi connectivity index (χ2n) is 9.49. The summed E-state index contributed by atoms with van der Waals surface area (Å²) in [5.41, 5.74) is -0.983. The molecule has 3 aromatic carbocycles. The van der Waals surface area contributed by atoms with Crippen LogP contribution in [0, 0.1) is 11.8 Å². The van der Waals surface area contributed by atoms with Gasteiger partial charge < -0.3 is 10.4 Å². The van der Waals surface area contributed by atoms with Gasteiger partial charge in [-0.2, -0.15) is 13.2 Å². The van der Waals surface area contributed by atoms with E-state index in [1.165, 1.54) is 18.2 Å². The van der Waals surface area contributed by atoms with Gasteiger partial charge in [0, 0.05) is 17.3 Å². The number of carbonyl (C=O) groups excluding carboxylic acids is 3. The molecule has 0 unspecified atom stereocenters. The molecule has 0 aromatic heterocycles. The number of alkyl halides is 3. The Morgan fingerprint density at radius 1 is 0.919 bits per heavy atom. The third-order valence-electron chi connectivity index (χ3n) is 7.45. The molecule has 3 aliphatic rings. The molecular formula is C27H20F3N3O4. The number of hydrogen-bond acceptors (Lipinski definition) is 5. The Labute approximate surface area is 208 Å². The molecule has 0 saturated carbocycles. The van der Waals surface area contributed by atoms with E-state index < -0.39 is 52.9 Å². The summed E-state index contributed by atoms with van der Waals surface area (Å²) in [7, 11) is 0. The molecule has 10 heteroatoms. The van der Waals surface area contributed by atoms with E-state index in [9.17, 15) is 32.7 Å². The largest absolute Gasteiger partial charge is 0.508 e. The van der Waals surface area contributed by atoms with Crippen LogP contribution < -0.4 is 15.5 Å². The smallest absolute Gasteiger partial charge is 0.416 e. The first-order valence-corrected chi connectivity index (χ1v) is 11.6. The highest BCUT2D eigenvalue weighted by molar-refractivity contribution is 6.25. The molecule has 1 spiro atoms. The van der Waals surface area contributed by atoms with Gasteiger partial charge >= 0.3 is 6.18 Å². The van der Waals surface area contributed by atoms with Crippen molar-refractivity contribution in [2.75, 3.05) is 10.2 Å². The molecular weight excluding hydrogens is 487 g/mol. The van der Waals surface area contributed by atoms with Gasteiger partial charge in [0.1, 0.15) is 11.3 Å². The van der Waals surface area contributed by atoms with Crippen molar-refractivity contribution in [3.05, 3.63) is 89.5 Å². The number of imide groups is 1. The fourth-order valence-electron chi connectivity index (χ4n) is 5.89. The van der Waals surface area contributed by atoms with Gasteiger partial charge in [-0.05, 0) is 48.4 Å². The summed E-state index contributed by atoms with van der Waals surface area (Å²) < 4.78 is 40.2. The highest BCUT2D eigenvalue weighted by Gasteiger charge is 2.70. The molecule has 2 fully saturated rings. The van der Waals surface area contributed by atoms with E-state index >= 15 is 0 Å². The number of halogens is 3. The van der Waals surface area contributed by atoms with E-state index in [0.29, 0.717) is 11.3 Å². The molecule has 188 valence electrons. The van der Waals surface area contributed by atoms with Crippen molar-refractivity contribution in [2.24, 2.45) is 11.8 Å². The monoisotopic (exact) mass is 507 g/mol. The van der Waals surface area contributed by atoms with Gasteiger partial charge in [-0.1, -0.05) is 36.4 Å². The van der Waals surface area contributed by atoms with Crippen molar-refractivity contribution in [2.45, 2.75) is 24.2 Å². The van der Waals surface area contributed by atoms with Crippen molar-refractivity contribution in [3.63, 3.8) is 0 Å². The Hall–Kier alpha value is -4.18. The number of phenolic OH excluding ortho intramolecular Hbond substituents is 1. The van der Waals surface area contributed by atoms with E-state index in [0.717, 1.165) is 28.7 Å². The molecule has 6 rings (SSSR count). The highest BCUT2D eigenvalue weighted by Crippen LogP contribution is 2.54. The van der Waals surface area contributed by atoms with Crippen LogP contribution in [0.3, 0.4) is 0 Å². The predicted octanol–water partition coefficient (Wildman–Crippen LogP) is 3.58. The predicted molar refractivity (Wildman–Crippen MR) is 126 cm³/mol. The van der Waals surface area contributed by atoms with Crippen LogP contribution >= 0.6 is 0 Å². The SMILES string of the molecule is O=C1[C@@H]2[C@H](Cc3ccc(O)cc3)N[C@@]3(C(=O)Nc4ccccc43)[C@@H]2C(=O)N1c1cccc(C(F)(F)F)c1. The first kappa shape index (κ1) is 23.2. The number of aromatic hydroxyl groups is 1. The van der Waals surface area contributed by atoms with Crippen LogP contribution in [0.15, 0.2) is 72.8 Å². The average molecular weight is 507 g/mol. The van der Waals surface area contributed by atoms with Gasteiger partial charge in [0.15, 0.2) is 0 Å². The van der Waals surface area contributed by atoms with Crippen LogP contribution in [0.25, 0.3) is 0 Å². The van der Waals surface area contributed by atoms with Crippen molar-refractivity contribution in [1.29, 1.82) is 0 Å². The van der Waals surface area contributed by atoms with E-state index in [2.05, 4.69) is 10.6 Å². The van der Waals surface area contributed by atoms with Crippen LogP contribution in [-0.2, 0) is 32.5 Å². The summed E-state index contributed by atoms with van der Waals surface area (Å²) in [5, 5.41) is 15.7. The lowest BCUT2D eigenvalue weighted by Crippen LogP contribution is -2.53. The average Bonchev–Trinajstić information content (AvgIpc) is 3.44. The van der Waals surface area contributed by atoms with E-state index in [1.54, 1.807) is 36.4 Å². The number of para-hydroxylation sites is 1. The van der Waals surface area contributed by atoms with E-state index in [-0.39, 0.29) is 17.9 Å². The van der Waals surface area contributed by atoms with Crippen LogP contribution in [0.5, 0.6) is 5.75 Å². The van der Waals surface area contributed by atoms with Gasteiger partial charge in [0.05, 0.1) is 23.1 Å². The normalized spacial score (nSPS) is 26.5. The third-order valence-corrected chi connectivity index (χ3v) is 7.45. The maximum Gasteiger partial charge on any atom is 0.416 e. The van der Waals surface area contributed by atoms with Gasteiger partial charge in [-0.25, -0.2) is 4.90 Å². The standard InChI is InChI=1S/C27H20F3N3O4/c28-27(29,30)15-4-3-5-16(13-15)33-23(35)21-20(12-14-8-10-17(34)11-9-14)32-26(22(21)24(33)36)18-6-1-2-7-19(18)31-25(26)37/h1-11,13,20-22,32,34H,12H2,(H,31,37)/t20-,21+,22-,26+/m0/s1. The lowest BCUT2D eigenvalue weighted by Gasteiger charge is -2.29. The molecule has 0 radical (unpaired) electrons. The molecule has 3 N–H and O–H groups in total. The lowest BCUT2D eigenvalue weighted by atomic mass is 9.76. The fraction of sp³-hybridized carbons (Fsp3) is 0.222. The zero-order valence-electron chi connectivity index (χ0n) is 19.1. The van der Waals surface area contributed by atoms with Crippen LogP contribution in [0.2, 0.25) is 0 Å². The molecule has 3 heterocycles. The Morgan fingerprint density at radius 3 is 2.38 bits per heavy atom. The Bertz CT molecular complexity index is 1460. The number of benzene rings is 3. The Balaban J connectivity index is 1.48. The molecule has 0 bridgehead atoms. The van der Waals surface area contributed by atoms with Crippen LogP contribution in [-0.4, -0.2) is 28.9 Å². The molecule has 3 aromatic rings. The topological polar surface area (TPSA) is 98.7 Å². The summed E-state index contributed by atoms with van der Waals surface area (Å²) >= 11 is 0. The number of carbonyl (C=O) groups is 3. The van der Waals surface area contributed by atoms with Gasteiger partial charge in [-0.15, -0.1) is 0 Å². The quantitative estimate of drug-likeness (QED) is 0.471. The van der Waals surface area contributed by atoms with Crippen molar-refractivity contribution in [3.8, 4) is 5.75 Å². The highest BCUT2D eigenvalue weighted by atomic mass is 19.4. The first-order chi connectivity index (χ1) is 17.6. The summed E-state index contributed by atoms with van der Waals surface area (Å²) in [6.45, 7) is 0. The number of nitrogens with zero attached hydrogens (tertiary/aromatic N) is 1. The van der Waals surface area contributed by atoms with Crippen molar-refractivity contribution < 1.29 is 32.7 Å². The molecule has 4 atom stereocenters. The van der Waals surface area contributed by atoms with Crippen molar-refractivity contribution >= 4 is 29.1 Å². The fourth-order valence-corrected chi connectivity index (χ4v) is 5.89. The first-order valence-electron chi connectivity index (χ1n) is 11.6. The third kappa shape index (κ3) is 3.36. The minimum absolute atomic E-state index is 0.0596. The number of nitrogens with one attached hydrogen (secondary N) is 2. The minimum Gasteiger partial charge on any atom is -0.508 e. The summed E-state index contributed by atoms with van der Waals surface area (Å²) in [6.07, 6.45) is -4.42. The molecule has 0 aliphatic carbocycles. The van der Waals surface area contributed by atoms with E-state index in [4.69, 9.17) is 0 Å². The number of hydrogen-bond donors (Lipinski definition) is 3. The number of anilines is 2. The molecule has 3 aliphatic heterocycles. The Morgan fingerprint density at radius 2 is 1.65 bits per heavy atom. The van der Waals surface area contributed by atoms with Crippen LogP contribution in [0.4, 0.5) is 24.5 Å². The number of rotatable bonds is 3. The summed E-state index contributed by atoms with van der Waals surface area (Å²) in [5.74, 6) is -4.01. The molecule has 2 saturated heterocycles. The summed E-state index contributed by atoms with van der Waals surface area (Å²) in [4.78, 5) is 41.9. The second-order valence-corrected chi connectivity index (χ2v) is 9.49. The van der Waals surface area contributed by atoms with Gasteiger partial charge in [0.2, 0.25) is 17.7 Å². The zero-order valence-corrected chi connectivity index (χ0v) is 19.1. The van der Waals surface area contributed by atoms with E-state index in [1.807, 2.05) is 0 Å². The Kier molecular flexibility index (Phi) is 4.97. The molecule has 3 amide bonds. The zero-order chi connectivity index (χ0) is 26.1. The maximum atomic E-state index is 13.9. The summed E-state index contributed by atoms with van der Waals surface area (Å²) in [6, 6.07) is 16.6. The van der Waals surface area contributed by atoms with Crippen LogP contribution in [0.1, 0.15) is 16.7 Å². The maximum absolute atomic E-state index is 13.9. The lowest BCUT2D eigenvalue weighted by molar-refractivity contribution is -0.137. The minimum atomic E-state index is -4.66. The molecule has 7 nitrogen and oxygen atoms in total. The molecule has 37 heavy (non-hydrogen) atoms. The van der Waals surface area contributed by atoms with Crippen molar-refractivity contribution in [1.82, 2.24) is 5.32 Å². The number of amides is 3. The number of phenols is 1. The number of fused-ring (bicyclic) bond motifs is 4. The second kappa shape index (κ2) is 7.91. The van der Waals surface area contributed by atoms with Gasteiger partial charge in [0.25, 0.3) is 0 Å². The van der Waals surface area contributed by atoms with Gasteiger partial charge in [-0.3, -0.25) is 19.7 Å².